The predicted molar refractivity (Wildman–Crippen MR) is 93.1 cm³/mol. The van der Waals surface area contributed by atoms with Crippen molar-refractivity contribution in [3.63, 3.8) is 0 Å². The number of aliphatic hydroxyl groups is 1. The van der Waals surface area contributed by atoms with Gasteiger partial charge in [0, 0.05) is 30.6 Å². The minimum atomic E-state index is -0.432. The van der Waals surface area contributed by atoms with E-state index >= 15 is 0 Å². The van der Waals surface area contributed by atoms with Crippen molar-refractivity contribution in [2.45, 2.75) is 13.0 Å². The third kappa shape index (κ3) is 3.87. The van der Waals surface area contributed by atoms with Crippen LogP contribution < -0.4 is 10.6 Å². The van der Waals surface area contributed by atoms with Crippen molar-refractivity contribution >= 4 is 29.9 Å². The molecule has 2 unspecified atom stereocenters. The standard InChI is InChI=1S/C15H18ClN5O2.ClH/c1-9-14(15(23)18-7-10-6-17-8-13(10)22)19-20-21(9)12-4-2-3-11(16)5-12;/h2-5,10,13,17,22H,6-8H2,1H3,(H,18,23);1H. The smallest absolute Gasteiger partial charge is 0.273 e. The lowest BCUT2D eigenvalue weighted by atomic mass is 10.1. The molecule has 2 aromatic rings. The van der Waals surface area contributed by atoms with Gasteiger partial charge in [-0.15, -0.1) is 17.5 Å². The molecule has 24 heavy (non-hydrogen) atoms. The van der Waals surface area contributed by atoms with Crippen molar-refractivity contribution < 1.29 is 9.90 Å². The van der Waals surface area contributed by atoms with E-state index in [4.69, 9.17) is 11.6 Å². The largest absolute Gasteiger partial charge is 0.391 e. The van der Waals surface area contributed by atoms with Crippen LogP contribution in [0.5, 0.6) is 0 Å². The van der Waals surface area contributed by atoms with Crippen molar-refractivity contribution in [2.24, 2.45) is 5.92 Å². The Labute approximate surface area is 150 Å². The summed E-state index contributed by atoms with van der Waals surface area (Å²) in [5.41, 5.74) is 1.65. The molecule has 2 heterocycles. The summed E-state index contributed by atoms with van der Waals surface area (Å²) in [4.78, 5) is 12.3. The van der Waals surface area contributed by atoms with E-state index in [1.807, 2.05) is 12.1 Å². The van der Waals surface area contributed by atoms with E-state index in [1.165, 1.54) is 0 Å². The SMILES string of the molecule is Cc1c(C(=O)NCC2CNCC2O)nnn1-c1cccc(Cl)c1.Cl. The minimum Gasteiger partial charge on any atom is -0.391 e. The summed E-state index contributed by atoms with van der Waals surface area (Å²) in [5, 5.41) is 24.2. The zero-order chi connectivity index (χ0) is 16.4. The lowest BCUT2D eigenvalue weighted by Gasteiger charge is -2.13. The Morgan fingerprint density at radius 3 is 2.96 bits per heavy atom. The van der Waals surface area contributed by atoms with Gasteiger partial charge in [-0.1, -0.05) is 22.9 Å². The third-order valence-corrected chi connectivity index (χ3v) is 4.23. The van der Waals surface area contributed by atoms with Crippen LogP contribution in [0.2, 0.25) is 5.02 Å². The van der Waals surface area contributed by atoms with Crippen molar-refractivity contribution in [3.05, 3.63) is 40.7 Å². The van der Waals surface area contributed by atoms with E-state index in [0.717, 1.165) is 5.69 Å². The van der Waals surface area contributed by atoms with Crippen molar-refractivity contribution in [3.8, 4) is 5.69 Å². The predicted octanol–water partition coefficient (Wildman–Crippen LogP) is 0.961. The summed E-state index contributed by atoms with van der Waals surface area (Å²) in [6, 6.07) is 7.18. The molecule has 0 bridgehead atoms. The number of amides is 1. The van der Waals surface area contributed by atoms with Crippen molar-refractivity contribution in [1.82, 2.24) is 25.6 Å². The summed E-state index contributed by atoms with van der Waals surface area (Å²) >= 11 is 5.98. The topological polar surface area (TPSA) is 92.1 Å². The first-order valence-corrected chi connectivity index (χ1v) is 7.79. The Balaban J connectivity index is 0.00000208. The molecule has 0 radical (unpaired) electrons. The van der Waals surface area contributed by atoms with E-state index in [0.29, 0.717) is 30.4 Å². The van der Waals surface area contributed by atoms with Gasteiger partial charge in [-0.2, -0.15) is 0 Å². The maximum Gasteiger partial charge on any atom is 0.273 e. The second-order valence-corrected chi connectivity index (χ2v) is 6.05. The molecule has 1 aromatic carbocycles. The van der Waals surface area contributed by atoms with Gasteiger partial charge < -0.3 is 15.7 Å². The maximum absolute atomic E-state index is 12.3. The average molecular weight is 372 g/mol. The fraction of sp³-hybridized carbons (Fsp3) is 0.400. The molecule has 0 aliphatic carbocycles. The van der Waals surface area contributed by atoms with Gasteiger partial charge in [0.25, 0.3) is 5.91 Å². The number of hydrogen-bond acceptors (Lipinski definition) is 5. The van der Waals surface area contributed by atoms with Crippen LogP contribution in [-0.4, -0.2) is 51.7 Å². The van der Waals surface area contributed by atoms with Crippen LogP contribution in [0, 0.1) is 12.8 Å². The van der Waals surface area contributed by atoms with Crippen LogP contribution >= 0.6 is 24.0 Å². The molecule has 1 aliphatic rings. The second kappa shape index (κ2) is 7.94. The minimum absolute atomic E-state index is 0. The monoisotopic (exact) mass is 371 g/mol. The summed E-state index contributed by atoms with van der Waals surface area (Å²) < 4.78 is 1.58. The molecule has 1 aromatic heterocycles. The molecule has 3 N–H and O–H groups in total. The van der Waals surface area contributed by atoms with Crippen molar-refractivity contribution in [2.75, 3.05) is 19.6 Å². The maximum atomic E-state index is 12.3. The molecule has 0 spiro atoms. The molecular formula is C15H19Cl2N5O2. The zero-order valence-electron chi connectivity index (χ0n) is 13.1. The number of rotatable bonds is 4. The number of carbonyl (C=O) groups is 1. The van der Waals surface area contributed by atoms with Gasteiger partial charge in [-0.25, -0.2) is 4.68 Å². The van der Waals surface area contributed by atoms with Crippen LogP contribution in [0.4, 0.5) is 0 Å². The van der Waals surface area contributed by atoms with Gasteiger partial charge in [-0.05, 0) is 25.1 Å². The number of benzene rings is 1. The fourth-order valence-corrected chi connectivity index (χ4v) is 2.81. The van der Waals surface area contributed by atoms with Gasteiger partial charge in [0.2, 0.25) is 0 Å². The second-order valence-electron chi connectivity index (χ2n) is 5.61. The Morgan fingerprint density at radius 1 is 1.50 bits per heavy atom. The van der Waals surface area contributed by atoms with Crippen LogP contribution in [0.1, 0.15) is 16.2 Å². The van der Waals surface area contributed by atoms with Gasteiger partial charge in [0.15, 0.2) is 5.69 Å². The van der Waals surface area contributed by atoms with Gasteiger partial charge >= 0.3 is 0 Å². The molecule has 0 saturated carbocycles. The summed E-state index contributed by atoms with van der Waals surface area (Å²) in [6.07, 6.45) is -0.432. The highest BCUT2D eigenvalue weighted by Gasteiger charge is 2.26. The number of hydrogen-bond donors (Lipinski definition) is 3. The molecule has 2 atom stereocenters. The highest BCUT2D eigenvalue weighted by atomic mass is 35.5. The zero-order valence-corrected chi connectivity index (χ0v) is 14.6. The van der Waals surface area contributed by atoms with E-state index in [2.05, 4.69) is 20.9 Å². The first-order valence-electron chi connectivity index (χ1n) is 7.41. The first kappa shape index (κ1) is 18.7. The Bertz CT molecular complexity index is 722. The molecule has 9 heteroatoms. The lowest BCUT2D eigenvalue weighted by molar-refractivity contribution is 0.0921. The molecule has 1 amide bonds. The van der Waals surface area contributed by atoms with Crippen LogP contribution in [0.25, 0.3) is 5.69 Å². The van der Waals surface area contributed by atoms with Crippen molar-refractivity contribution in [1.29, 1.82) is 0 Å². The van der Waals surface area contributed by atoms with Gasteiger partial charge in [-0.3, -0.25) is 4.79 Å². The van der Waals surface area contributed by atoms with Crippen LogP contribution in [0.15, 0.2) is 24.3 Å². The first-order chi connectivity index (χ1) is 11.1. The third-order valence-electron chi connectivity index (χ3n) is 3.99. The number of aromatic nitrogens is 3. The number of halogens is 2. The van der Waals surface area contributed by atoms with Crippen LogP contribution in [0.3, 0.4) is 0 Å². The molecule has 7 nitrogen and oxygen atoms in total. The molecule has 130 valence electrons. The molecule has 1 fully saturated rings. The summed E-state index contributed by atoms with van der Waals surface area (Å²) in [5.74, 6) is -0.280. The number of aliphatic hydroxyl groups excluding tert-OH is 1. The lowest BCUT2D eigenvalue weighted by Crippen LogP contribution is -2.34. The molecular weight excluding hydrogens is 353 g/mol. The average Bonchev–Trinajstić information content (AvgIpc) is 3.11. The number of nitrogens with one attached hydrogen (secondary N) is 2. The number of nitrogens with zero attached hydrogens (tertiary/aromatic N) is 3. The van der Waals surface area contributed by atoms with E-state index in [1.54, 1.807) is 23.7 Å². The highest BCUT2D eigenvalue weighted by Crippen LogP contribution is 2.17. The van der Waals surface area contributed by atoms with E-state index < -0.39 is 6.10 Å². The molecule has 1 saturated heterocycles. The molecule has 1 aliphatic heterocycles. The normalized spacial score (nSPS) is 19.8. The van der Waals surface area contributed by atoms with E-state index in [-0.39, 0.29) is 29.9 Å². The Kier molecular flexibility index (Phi) is 6.17. The fourth-order valence-electron chi connectivity index (χ4n) is 2.63. The number of β-amino-alcohol motifs (C(OH)–C–C–N with tert-alkyl or cyclic N) is 1. The quantitative estimate of drug-likeness (QED) is 0.744. The Hall–Kier alpha value is -1.67. The van der Waals surface area contributed by atoms with E-state index in [9.17, 15) is 9.90 Å². The van der Waals surface area contributed by atoms with Crippen LogP contribution in [-0.2, 0) is 0 Å². The molecule has 3 rings (SSSR count). The summed E-state index contributed by atoms with van der Waals surface area (Å²) in [6.45, 7) is 3.43. The highest BCUT2D eigenvalue weighted by molar-refractivity contribution is 6.30. The number of carbonyl (C=O) groups excluding carboxylic acids is 1. The Morgan fingerprint density at radius 2 is 2.29 bits per heavy atom. The van der Waals surface area contributed by atoms with Gasteiger partial charge in [0.1, 0.15) is 0 Å². The summed E-state index contributed by atoms with van der Waals surface area (Å²) in [7, 11) is 0. The van der Waals surface area contributed by atoms with Gasteiger partial charge in [0.05, 0.1) is 17.5 Å².